The van der Waals surface area contributed by atoms with Crippen molar-refractivity contribution in [2.75, 3.05) is 18.1 Å². The molecule has 1 aromatic heterocycles. The Morgan fingerprint density at radius 2 is 2.15 bits per heavy atom. The van der Waals surface area contributed by atoms with Gasteiger partial charge in [0.05, 0.1) is 12.3 Å². The standard InChI is InChI=1S/C14H18N4OS/c1-10(2)18-13(15-16-14(18)20)17-8-5-9-19-12-7-4-3-6-11(12)17/h3-4,6-7,10H,5,8-9H2,1-2H3,(H,16,20). The zero-order valence-electron chi connectivity index (χ0n) is 11.7. The molecule has 1 N–H and O–H groups in total. The molecule has 3 rings (SSSR count). The van der Waals surface area contributed by atoms with Crippen molar-refractivity contribution in [2.24, 2.45) is 0 Å². The average Bonchev–Trinajstić information content (AvgIpc) is 2.69. The van der Waals surface area contributed by atoms with E-state index in [0.717, 1.165) is 37.0 Å². The Bertz CT molecular complexity index is 661. The molecule has 2 heterocycles. The summed E-state index contributed by atoms with van der Waals surface area (Å²) in [6.07, 6.45) is 0.951. The topological polar surface area (TPSA) is 46.1 Å². The van der Waals surface area contributed by atoms with Gasteiger partial charge in [-0.25, -0.2) is 5.10 Å². The van der Waals surface area contributed by atoms with E-state index in [1.807, 2.05) is 22.8 Å². The van der Waals surface area contributed by atoms with E-state index in [9.17, 15) is 0 Å². The third-order valence-corrected chi connectivity index (χ3v) is 3.67. The predicted octanol–water partition coefficient (Wildman–Crippen LogP) is 3.44. The minimum atomic E-state index is 0.257. The molecule has 0 aliphatic carbocycles. The lowest BCUT2D eigenvalue weighted by Crippen LogP contribution is -2.22. The molecule has 0 saturated carbocycles. The fourth-order valence-electron chi connectivity index (χ4n) is 2.49. The van der Waals surface area contributed by atoms with Gasteiger partial charge >= 0.3 is 0 Å². The number of H-pyrrole nitrogens is 1. The number of anilines is 2. The third kappa shape index (κ3) is 2.20. The monoisotopic (exact) mass is 290 g/mol. The van der Waals surface area contributed by atoms with Crippen LogP contribution in [0.25, 0.3) is 0 Å². The van der Waals surface area contributed by atoms with E-state index < -0.39 is 0 Å². The third-order valence-electron chi connectivity index (χ3n) is 3.38. The summed E-state index contributed by atoms with van der Waals surface area (Å²) in [6, 6.07) is 8.31. The van der Waals surface area contributed by atoms with Gasteiger partial charge in [-0.1, -0.05) is 12.1 Å². The van der Waals surface area contributed by atoms with Gasteiger partial charge in [-0.2, -0.15) is 0 Å². The van der Waals surface area contributed by atoms with Gasteiger partial charge < -0.3 is 9.64 Å². The van der Waals surface area contributed by atoms with Gasteiger partial charge in [0.25, 0.3) is 0 Å². The van der Waals surface area contributed by atoms with E-state index in [0.29, 0.717) is 4.77 Å². The molecule has 0 radical (unpaired) electrons. The number of hydrogen-bond donors (Lipinski definition) is 1. The van der Waals surface area contributed by atoms with E-state index in [4.69, 9.17) is 17.0 Å². The van der Waals surface area contributed by atoms with Crippen LogP contribution in [-0.4, -0.2) is 27.9 Å². The molecule has 0 fully saturated rings. The maximum Gasteiger partial charge on any atom is 0.230 e. The summed E-state index contributed by atoms with van der Waals surface area (Å²) in [6.45, 7) is 5.80. The van der Waals surface area contributed by atoms with E-state index >= 15 is 0 Å². The molecule has 0 spiro atoms. The fraction of sp³-hybridized carbons (Fsp3) is 0.429. The zero-order chi connectivity index (χ0) is 14.1. The summed E-state index contributed by atoms with van der Waals surface area (Å²) in [4.78, 5) is 2.18. The average molecular weight is 290 g/mol. The number of hydrogen-bond acceptors (Lipinski definition) is 4. The van der Waals surface area contributed by atoms with Gasteiger partial charge in [0.1, 0.15) is 5.75 Å². The molecule has 5 nitrogen and oxygen atoms in total. The van der Waals surface area contributed by atoms with Crippen LogP contribution in [-0.2, 0) is 0 Å². The van der Waals surface area contributed by atoms with Crippen LogP contribution in [0.15, 0.2) is 24.3 Å². The molecule has 0 atom stereocenters. The summed E-state index contributed by atoms with van der Waals surface area (Å²) < 4.78 is 8.48. The molecule has 1 aliphatic heterocycles. The van der Waals surface area contributed by atoms with Crippen LogP contribution in [0.4, 0.5) is 11.6 Å². The largest absolute Gasteiger partial charge is 0.491 e. The molecule has 0 amide bonds. The van der Waals surface area contributed by atoms with E-state index in [1.165, 1.54) is 0 Å². The smallest absolute Gasteiger partial charge is 0.230 e. The molecule has 2 aromatic rings. The molecule has 106 valence electrons. The quantitative estimate of drug-likeness (QED) is 0.861. The van der Waals surface area contributed by atoms with Crippen molar-refractivity contribution in [2.45, 2.75) is 26.3 Å². The number of nitrogens with one attached hydrogen (secondary N) is 1. The Kier molecular flexibility index (Phi) is 3.48. The maximum absolute atomic E-state index is 5.79. The SMILES string of the molecule is CC(C)n1c(N2CCCOc3ccccc32)n[nH]c1=S. The van der Waals surface area contributed by atoms with Crippen LogP contribution in [0, 0.1) is 4.77 Å². The van der Waals surface area contributed by atoms with Gasteiger partial charge in [-0.15, -0.1) is 5.10 Å². The molecule has 1 aromatic carbocycles. The van der Waals surface area contributed by atoms with E-state index in [1.54, 1.807) is 0 Å². The molecule has 0 unspecified atom stereocenters. The Hall–Kier alpha value is -1.82. The second kappa shape index (κ2) is 5.28. The van der Waals surface area contributed by atoms with Crippen molar-refractivity contribution in [3.63, 3.8) is 0 Å². The van der Waals surface area contributed by atoms with Crippen molar-refractivity contribution in [3.05, 3.63) is 29.0 Å². The highest BCUT2D eigenvalue weighted by molar-refractivity contribution is 7.71. The first-order valence-corrected chi connectivity index (χ1v) is 7.25. The second-order valence-electron chi connectivity index (χ2n) is 5.11. The summed E-state index contributed by atoms with van der Waals surface area (Å²) in [5.74, 6) is 1.75. The van der Waals surface area contributed by atoms with Crippen molar-refractivity contribution >= 4 is 23.9 Å². The molecular formula is C14H18N4OS. The van der Waals surface area contributed by atoms with Gasteiger partial charge in [-0.05, 0) is 44.6 Å². The van der Waals surface area contributed by atoms with Crippen molar-refractivity contribution in [1.29, 1.82) is 0 Å². The van der Waals surface area contributed by atoms with Gasteiger partial charge in [0.2, 0.25) is 5.95 Å². The first-order chi connectivity index (χ1) is 9.68. The van der Waals surface area contributed by atoms with Crippen molar-refractivity contribution in [1.82, 2.24) is 14.8 Å². The highest BCUT2D eigenvalue weighted by Gasteiger charge is 2.22. The Balaban J connectivity index is 2.13. The zero-order valence-corrected chi connectivity index (χ0v) is 12.5. The fourth-order valence-corrected chi connectivity index (χ4v) is 2.83. The van der Waals surface area contributed by atoms with Crippen LogP contribution < -0.4 is 9.64 Å². The summed E-state index contributed by atoms with van der Waals surface area (Å²) in [5.41, 5.74) is 1.04. The minimum Gasteiger partial charge on any atom is -0.491 e. The van der Waals surface area contributed by atoms with Crippen LogP contribution >= 0.6 is 12.2 Å². The molecular weight excluding hydrogens is 272 g/mol. The number of fused-ring (bicyclic) bond motifs is 1. The lowest BCUT2D eigenvalue weighted by molar-refractivity contribution is 0.322. The number of nitrogens with zero attached hydrogens (tertiary/aromatic N) is 3. The molecule has 6 heteroatoms. The Labute approximate surface area is 123 Å². The number of ether oxygens (including phenoxy) is 1. The lowest BCUT2D eigenvalue weighted by atomic mass is 10.2. The number of rotatable bonds is 2. The van der Waals surface area contributed by atoms with E-state index in [2.05, 4.69) is 35.0 Å². The van der Waals surface area contributed by atoms with Crippen molar-refractivity contribution < 1.29 is 4.74 Å². The predicted molar refractivity (Wildman–Crippen MR) is 81.4 cm³/mol. The van der Waals surface area contributed by atoms with Crippen LogP contribution in [0.1, 0.15) is 26.3 Å². The van der Waals surface area contributed by atoms with Crippen LogP contribution in [0.2, 0.25) is 0 Å². The summed E-state index contributed by atoms with van der Waals surface area (Å²) >= 11 is 5.34. The lowest BCUT2D eigenvalue weighted by Gasteiger charge is -2.24. The number of para-hydroxylation sites is 2. The maximum atomic E-state index is 5.79. The first-order valence-electron chi connectivity index (χ1n) is 6.85. The van der Waals surface area contributed by atoms with Crippen LogP contribution in [0.3, 0.4) is 0 Å². The molecule has 0 bridgehead atoms. The summed E-state index contributed by atoms with van der Waals surface area (Å²) in [7, 11) is 0. The Morgan fingerprint density at radius 3 is 2.95 bits per heavy atom. The number of benzene rings is 1. The van der Waals surface area contributed by atoms with Gasteiger partial charge in [0.15, 0.2) is 4.77 Å². The number of aromatic nitrogens is 3. The highest BCUT2D eigenvalue weighted by Crippen LogP contribution is 2.35. The van der Waals surface area contributed by atoms with Gasteiger partial charge in [0, 0.05) is 12.6 Å². The van der Waals surface area contributed by atoms with Crippen LogP contribution in [0.5, 0.6) is 5.75 Å². The molecule has 1 aliphatic rings. The number of aromatic amines is 1. The normalized spacial score (nSPS) is 14.8. The minimum absolute atomic E-state index is 0.257. The Morgan fingerprint density at radius 1 is 1.35 bits per heavy atom. The van der Waals surface area contributed by atoms with Gasteiger partial charge in [-0.3, -0.25) is 4.57 Å². The first kappa shape index (κ1) is 13.2. The highest BCUT2D eigenvalue weighted by atomic mass is 32.1. The van der Waals surface area contributed by atoms with Crippen molar-refractivity contribution in [3.8, 4) is 5.75 Å². The van der Waals surface area contributed by atoms with E-state index in [-0.39, 0.29) is 6.04 Å². The molecule has 0 saturated heterocycles. The summed E-state index contributed by atoms with van der Waals surface area (Å²) in [5, 5.41) is 7.32. The molecule has 20 heavy (non-hydrogen) atoms. The second-order valence-corrected chi connectivity index (χ2v) is 5.50.